The summed E-state index contributed by atoms with van der Waals surface area (Å²) in [5.74, 6) is -0.446. The average molecular weight is 555 g/mol. The molecule has 1 saturated heterocycles. The number of hydrogen-bond acceptors (Lipinski definition) is 4. The van der Waals surface area contributed by atoms with Crippen LogP contribution in [0, 0.1) is 5.41 Å². The van der Waals surface area contributed by atoms with Crippen LogP contribution in [0.5, 0.6) is 5.75 Å². The summed E-state index contributed by atoms with van der Waals surface area (Å²) in [4.78, 5) is 46.4. The molecule has 1 heterocycles. The Hall–Kier alpha value is -3.19. The number of likely N-dealkylation sites (tertiary alicyclic amines) is 1. The van der Waals surface area contributed by atoms with Crippen molar-refractivity contribution in [3.05, 3.63) is 84.0 Å². The summed E-state index contributed by atoms with van der Waals surface area (Å²) < 4.78 is 15.6. The molecule has 3 rings (SSSR count). The quantitative estimate of drug-likeness (QED) is 0.209. The van der Waals surface area contributed by atoms with Crippen molar-refractivity contribution >= 4 is 25.2 Å². The Kier molecular flexibility index (Phi) is 10.3. The number of hydrogen-bond donors (Lipinski definition) is 3. The van der Waals surface area contributed by atoms with Crippen LogP contribution >= 0.6 is 7.82 Å². The van der Waals surface area contributed by atoms with Gasteiger partial charge >= 0.3 is 7.82 Å². The number of amides is 2. The summed E-state index contributed by atoms with van der Waals surface area (Å²) >= 11 is 0. The number of phosphoric ester groups is 1. The summed E-state index contributed by atoms with van der Waals surface area (Å²) in [5.41, 5.74) is 2.10. The fourth-order valence-electron chi connectivity index (χ4n) is 4.61. The van der Waals surface area contributed by atoms with Gasteiger partial charge in [0.05, 0.1) is 6.04 Å². The van der Waals surface area contributed by atoms with Crippen molar-refractivity contribution in [2.45, 2.75) is 65.5 Å². The summed E-state index contributed by atoms with van der Waals surface area (Å²) in [6, 6.07) is 15.7. The van der Waals surface area contributed by atoms with Crippen LogP contribution in [0.2, 0.25) is 0 Å². The zero-order valence-electron chi connectivity index (χ0n) is 23.0. The molecule has 0 unspecified atom stereocenters. The summed E-state index contributed by atoms with van der Waals surface area (Å²) in [5, 5.41) is 2.93. The molecule has 0 aliphatic carbocycles. The molecule has 0 saturated carbocycles. The lowest BCUT2D eigenvalue weighted by molar-refractivity contribution is -0.138. The first-order valence-electron chi connectivity index (χ1n) is 13.2. The van der Waals surface area contributed by atoms with Crippen molar-refractivity contribution in [2.75, 3.05) is 6.54 Å². The average Bonchev–Trinajstić information content (AvgIpc) is 3.33. The highest BCUT2D eigenvalue weighted by molar-refractivity contribution is 7.46. The molecule has 2 aromatic carbocycles. The van der Waals surface area contributed by atoms with E-state index in [9.17, 15) is 14.2 Å². The van der Waals surface area contributed by atoms with E-state index >= 15 is 0 Å². The molecule has 8 nitrogen and oxygen atoms in total. The fraction of sp³-hybridized carbons (Fsp3) is 0.400. The Morgan fingerprint density at radius 3 is 2.41 bits per heavy atom. The van der Waals surface area contributed by atoms with Crippen LogP contribution in [0.25, 0.3) is 5.57 Å². The molecule has 2 aromatic rings. The fourth-order valence-corrected chi connectivity index (χ4v) is 5.00. The predicted octanol–water partition coefficient (Wildman–Crippen LogP) is 5.27. The van der Waals surface area contributed by atoms with E-state index in [4.69, 9.17) is 9.79 Å². The highest BCUT2D eigenvalue weighted by atomic mass is 31.2. The Morgan fingerprint density at radius 2 is 1.79 bits per heavy atom. The Bertz CT molecular complexity index is 1230. The number of allylic oxidation sites excluding steroid dienone is 2. The number of phosphoric acid groups is 1. The van der Waals surface area contributed by atoms with Crippen LogP contribution in [-0.2, 0) is 20.6 Å². The number of nitrogens with zero attached hydrogens (tertiary/aromatic N) is 1. The van der Waals surface area contributed by atoms with Crippen LogP contribution in [0.15, 0.2) is 72.8 Å². The van der Waals surface area contributed by atoms with Crippen molar-refractivity contribution in [2.24, 2.45) is 5.41 Å². The molecule has 2 amide bonds. The second-order valence-electron chi connectivity index (χ2n) is 10.9. The Morgan fingerprint density at radius 1 is 1.13 bits per heavy atom. The van der Waals surface area contributed by atoms with E-state index in [-0.39, 0.29) is 23.6 Å². The molecule has 0 bridgehead atoms. The van der Waals surface area contributed by atoms with E-state index in [1.165, 1.54) is 23.8 Å². The maximum atomic E-state index is 13.7. The highest BCUT2D eigenvalue weighted by Crippen LogP contribution is 2.37. The zero-order chi connectivity index (χ0) is 28.6. The maximum absolute atomic E-state index is 13.7. The van der Waals surface area contributed by atoms with Crippen LogP contribution in [0.3, 0.4) is 0 Å². The molecule has 2 atom stereocenters. The first-order chi connectivity index (χ1) is 18.3. The van der Waals surface area contributed by atoms with Crippen LogP contribution in [0.4, 0.5) is 0 Å². The van der Waals surface area contributed by atoms with Gasteiger partial charge in [-0.25, -0.2) is 4.57 Å². The third-order valence-corrected chi connectivity index (χ3v) is 7.11. The topological polar surface area (TPSA) is 116 Å². The van der Waals surface area contributed by atoms with Crippen LogP contribution in [-0.4, -0.2) is 45.1 Å². The molecule has 3 N–H and O–H groups in total. The van der Waals surface area contributed by atoms with Gasteiger partial charge in [0.25, 0.3) is 0 Å². The van der Waals surface area contributed by atoms with Gasteiger partial charge in [-0.3, -0.25) is 19.4 Å². The highest BCUT2D eigenvalue weighted by Gasteiger charge is 2.38. The van der Waals surface area contributed by atoms with E-state index in [0.29, 0.717) is 17.7 Å². The maximum Gasteiger partial charge on any atom is 0.524 e. The minimum Gasteiger partial charge on any atom is -0.404 e. The van der Waals surface area contributed by atoms with Crippen molar-refractivity contribution in [1.29, 1.82) is 0 Å². The minimum atomic E-state index is -4.64. The first-order valence-corrected chi connectivity index (χ1v) is 14.7. The van der Waals surface area contributed by atoms with Gasteiger partial charge in [-0.2, -0.15) is 0 Å². The molecule has 0 spiro atoms. The Balaban J connectivity index is 1.65. The third-order valence-electron chi connectivity index (χ3n) is 6.66. The Labute approximate surface area is 231 Å². The second-order valence-corrected chi connectivity index (χ2v) is 12.1. The van der Waals surface area contributed by atoms with Crippen molar-refractivity contribution in [3.63, 3.8) is 0 Å². The van der Waals surface area contributed by atoms with Gasteiger partial charge < -0.3 is 14.7 Å². The number of aryl methyl sites for hydroxylation is 1. The smallest absolute Gasteiger partial charge is 0.404 e. The van der Waals surface area contributed by atoms with Crippen molar-refractivity contribution in [1.82, 2.24) is 10.2 Å². The lowest BCUT2D eigenvalue weighted by atomic mass is 9.85. The molecule has 210 valence electrons. The van der Waals surface area contributed by atoms with Crippen molar-refractivity contribution < 1.29 is 28.5 Å². The van der Waals surface area contributed by atoms with Gasteiger partial charge in [0, 0.05) is 12.6 Å². The molecule has 0 aromatic heterocycles. The SMILES string of the molecule is C/C(=C\C(=O)N[C@H](C(=O)N1CCC[C@H]1/C=C/CCc1ccccc1)C(C)(C)C)c1ccc(OP(=O)(O)O)cc1. The largest absolute Gasteiger partial charge is 0.524 e. The lowest BCUT2D eigenvalue weighted by Crippen LogP contribution is -2.55. The van der Waals surface area contributed by atoms with Crippen LogP contribution in [0.1, 0.15) is 58.1 Å². The molecular weight excluding hydrogens is 515 g/mol. The van der Waals surface area contributed by atoms with Gasteiger partial charge in [0.15, 0.2) is 0 Å². The number of nitrogens with one attached hydrogen (secondary N) is 1. The third kappa shape index (κ3) is 9.50. The minimum absolute atomic E-state index is 0.0150. The molecule has 1 fully saturated rings. The van der Waals surface area contributed by atoms with Gasteiger partial charge in [-0.05, 0) is 66.9 Å². The molecule has 0 radical (unpaired) electrons. The summed E-state index contributed by atoms with van der Waals surface area (Å²) in [6.45, 7) is 8.22. The summed E-state index contributed by atoms with van der Waals surface area (Å²) in [7, 11) is -4.64. The molecule has 39 heavy (non-hydrogen) atoms. The lowest BCUT2D eigenvalue weighted by Gasteiger charge is -2.35. The predicted molar refractivity (Wildman–Crippen MR) is 153 cm³/mol. The zero-order valence-corrected chi connectivity index (χ0v) is 23.9. The molecule has 9 heteroatoms. The molecule has 1 aliphatic rings. The number of benzene rings is 2. The monoisotopic (exact) mass is 554 g/mol. The number of carbonyl (C=O) groups excluding carboxylic acids is 2. The van der Waals surface area contributed by atoms with Gasteiger partial charge in [0.1, 0.15) is 11.8 Å². The number of rotatable bonds is 10. The molecule has 1 aliphatic heterocycles. The van der Waals surface area contributed by atoms with E-state index in [2.05, 4.69) is 34.1 Å². The molecular formula is C30H39N2O6P. The number of carbonyl (C=O) groups is 2. The first kappa shape index (κ1) is 30.4. The van der Waals surface area contributed by atoms with Crippen molar-refractivity contribution in [3.8, 4) is 5.75 Å². The van der Waals surface area contributed by atoms with Gasteiger partial charge in [-0.1, -0.05) is 75.4 Å². The van der Waals surface area contributed by atoms with E-state index in [0.717, 1.165) is 25.7 Å². The van der Waals surface area contributed by atoms with Crippen LogP contribution < -0.4 is 9.84 Å². The summed E-state index contributed by atoms with van der Waals surface area (Å²) in [6.07, 6.45) is 9.37. The van der Waals surface area contributed by atoms with E-state index < -0.39 is 19.3 Å². The van der Waals surface area contributed by atoms with E-state index in [1.54, 1.807) is 19.1 Å². The second kappa shape index (κ2) is 13.2. The standard InChI is InChI=1S/C30H39N2O6P/c1-22(24-16-18-26(19-17-24)38-39(35,36)37)21-27(33)31-28(30(2,3)4)29(34)32-20-10-15-25(32)14-9-8-13-23-11-6-5-7-12-23/h5-7,9,11-12,14,16-19,21,25,28H,8,10,13,15,20H2,1-4H3,(H,31,33)(H2,35,36,37)/b14-9+,22-21+/t25-,28-/m1/s1. The van der Waals surface area contributed by atoms with Gasteiger partial charge in [-0.15, -0.1) is 0 Å². The van der Waals surface area contributed by atoms with E-state index in [1.807, 2.05) is 43.9 Å². The normalized spacial score (nSPS) is 17.3. The van der Waals surface area contributed by atoms with Gasteiger partial charge in [0.2, 0.25) is 11.8 Å².